The van der Waals surface area contributed by atoms with Gasteiger partial charge in [-0.3, -0.25) is 9.59 Å². The van der Waals surface area contributed by atoms with Crippen LogP contribution in [0.2, 0.25) is 0 Å². The summed E-state index contributed by atoms with van der Waals surface area (Å²) in [6, 6.07) is 9.95. The highest BCUT2D eigenvalue weighted by Gasteiger charge is 2.07. The molecule has 0 unspecified atom stereocenters. The number of phenolic OH excluding ortho intramolecular Hbond substituents is 1. The van der Waals surface area contributed by atoms with E-state index in [0.29, 0.717) is 20.4 Å². The number of nitrogens with zero attached hydrogens (tertiary/aromatic N) is 1. The zero-order chi connectivity index (χ0) is 17.7. The van der Waals surface area contributed by atoms with Gasteiger partial charge in [0.1, 0.15) is 5.75 Å². The van der Waals surface area contributed by atoms with Gasteiger partial charge in [0.15, 0.2) is 0 Å². The van der Waals surface area contributed by atoms with Crippen LogP contribution >= 0.6 is 38.5 Å². The molecule has 2 rings (SSSR count). The van der Waals surface area contributed by atoms with Crippen molar-refractivity contribution in [3.63, 3.8) is 0 Å². The topological polar surface area (TPSA) is 90.8 Å². The van der Waals surface area contributed by atoms with E-state index in [1.165, 1.54) is 13.1 Å². The predicted octanol–water partition coefficient (Wildman–Crippen LogP) is 3.48. The number of nitrogens with one attached hydrogen (secondary N) is 2. The highest BCUT2D eigenvalue weighted by molar-refractivity contribution is 14.1. The highest BCUT2D eigenvalue weighted by Crippen LogP contribution is 2.27. The number of carbonyl (C=O) groups is 2. The Kier molecular flexibility index (Phi) is 6.32. The van der Waals surface area contributed by atoms with E-state index in [-0.39, 0.29) is 11.7 Å². The van der Waals surface area contributed by atoms with Gasteiger partial charge in [-0.05, 0) is 52.9 Å². The molecule has 0 saturated heterocycles. The first-order valence-corrected chi connectivity index (χ1v) is 8.63. The average Bonchev–Trinajstić information content (AvgIpc) is 2.51. The van der Waals surface area contributed by atoms with Crippen LogP contribution in [-0.4, -0.2) is 23.1 Å². The number of rotatable bonds is 4. The maximum Gasteiger partial charge on any atom is 0.271 e. The van der Waals surface area contributed by atoms with E-state index in [9.17, 15) is 14.7 Å². The van der Waals surface area contributed by atoms with Crippen molar-refractivity contribution in [3.05, 3.63) is 55.6 Å². The summed E-state index contributed by atoms with van der Waals surface area (Å²) in [6.07, 6.45) is 1.36. The second-order valence-electron chi connectivity index (χ2n) is 4.79. The van der Waals surface area contributed by atoms with Gasteiger partial charge >= 0.3 is 0 Å². The third-order valence-electron chi connectivity index (χ3n) is 2.87. The molecular weight excluding hydrogens is 489 g/mol. The Labute approximate surface area is 160 Å². The normalized spacial score (nSPS) is 10.6. The summed E-state index contributed by atoms with van der Waals surface area (Å²) in [5, 5.41) is 16.4. The lowest BCUT2D eigenvalue weighted by molar-refractivity contribution is -0.114. The predicted molar refractivity (Wildman–Crippen MR) is 104 cm³/mol. The van der Waals surface area contributed by atoms with Crippen molar-refractivity contribution in [1.29, 1.82) is 0 Å². The number of hydrogen-bond donors (Lipinski definition) is 3. The number of hydrogen-bond acceptors (Lipinski definition) is 4. The number of amides is 2. The molecule has 2 amide bonds. The van der Waals surface area contributed by atoms with Crippen molar-refractivity contribution >= 4 is 62.2 Å². The van der Waals surface area contributed by atoms with Crippen molar-refractivity contribution in [2.24, 2.45) is 5.10 Å². The second kappa shape index (κ2) is 8.25. The van der Waals surface area contributed by atoms with Gasteiger partial charge in [-0.1, -0.05) is 22.0 Å². The largest absolute Gasteiger partial charge is 0.506 e. The van der Waals surface area contributed by atoms with Crippen LogP contribution < -0.4 is 10.7 Å². The fraction of sp³-hybridized carbons (Fsp3) is 0.0625. The molecule has 8 heteroatoms. The van der Waals surface area contributed by atoms with E-state index in [4.69, 9.17) is 0 Å². The summed E-state index contributed by atoms with van der Waals surface area (Å²) in [4.78, 5) is 23.1. The van der Waals surface area contributed by atoms with Gasteiger partial charge in [-0.15, -0.1) is 0 Å². The van der Waals surface area contributed by atoms with E-state index in [0.717, 1.165) is 4.47 Å². The monoisotopic (exact) mass is 501 g/mol. The number of carbonyl (C=O) groups excluding carboxylic acids is 2. The lowest BCUT2D eigenvalue weighted by Gasteiger charge is -2.05. The Balaban J connectivity index is 2.09. The first-order valence-electron chi connectivity index (χ1n) is 6.76. The van der Waals surface area contributed by atoms with Crippen molar-refractivity contribution in [1.82, 2.24) is 5.43 Å². The SMILES string of the molecule is CC(=O)Nc1cccc(C(=O)N/N=C\c2cc(Br)cc(I)c2O)c1. The zero-order valence-corrected chi connectivity index (χ0v) is 16.3. The van der Waals surface area contributed by atoms with Crippen LogP contribution in [0.25, 0.3) is 0 Å². The smallest absolute Gasteiger partial charge is 0.271 e. The lowest BCUT2D eigenvalue weighted by Crippen LogP contribution is -2.18. The number of benzene rings is 2. The minimum Gasteiger partial charge on any atom is -0.506 e. The summed E-state index contributed by atoms with van der Waals surface area (Å²) >= 11 is 5.33. The molecule has 124 valence electrons. The van der Waals surface area contributed by atoms with Crippen molar-refractivity contribution < 1.29 is 14.7 Å². The van der Waals surface area contributed by atoms with E-state index < -0.39 is 5.91 Å². The molecule has 24 heavy (non-hydrogen) atoms. The van der Waals surface area contributed by atoms with Gasteiger partial charge in [0.2, 0.25) is 5.91 Å². The molecule has 3 N–H and O–H groups in total. The molecule has 0 saturated carbocycles. The first-order chi connectivity index (χ1) is 11.4. The third-order valence-corrected chi connectivity index (χ3v) is 4.15. The molecule has 0 bridgehead atoms. The van der Waals surface area contributed by atoms with Gasteiger partial charge in [0.05, 0.1) is 9.78 Å². The standard InChI is InChI=1S/C16H13BrIN3O3/c1-9(22)20-13-4-2-3-10(6-13)16(24)21-19-8-11-5-12(17)7-14(18)15(11)23/h2-8,23H,1H3,(H,20,22)(H,21,24)/b19-8-. The van der Waals surface area contributed by atoms with Gasteiger partial charge in [0, 0.05) is 28.2 Å². The number of hydrazone groups is 1. The summed E-state index contributed by atoms with van der Waals surface area (Å²) in [7, 11) is 0. The van der Waals surface area contributed by atoms with Crippen LogP contribution in [0.4, 0.5) is 5.69 Å². The molecule has 0 aliphatic carbocycles. The van der Waals surface area contributed by atoms with Crippen LogP contribution in [0.5, 0.6) is 5.75 Å². The lowest BCUT2D eigenvalue weighted by atomic mass is 10.2. The van der Waals surface area contributed by atoms with Crippen LogP contribution in [0, 0.1) is 3.57 Å². The van der Waals surface area contributed by atoms with Gasteiger partial charge < -0.3 is 10.4 Å². The van der Waals surface area contributed by atoms with Gasteiger partial charge in [0.25, 0.3) is 5.91 Å². The van der Waals surface area contributed by atoms with E-state index >= 15 is 0 Å². The maximum atomic E-state index is 12.1. The number of aromatic hydroxyl groups is 1. The summed E-state index contributed by atoms with van der Waals surface area (Å²) < 4.78 is 1.46. The third kappa shape index (κ3) is 5.03. The van der Waals surface area contributed by atoms with Crippen LogP contribution in [-0.2, 0) is 4.79 Å². The molecule has 0 atom stereocenters. The van der Waals surface area contributed by atoms with E-state index in [2.05, 4.69) is 31.8 Å². The Morgan fingerprint density at radius 2 is 2.04 bits per heavy atom. The summed E-state index contributed by atoms with van der Waals surface area (Å²) in [5.41, 5.74) is 3.74. The van der Waals surface area contributed by atoms with E-state index in [1.54, 1.807) is 36.4 Å². The van der Waals surface area contributed by atoms with Gasteiger partial charge in [-0.2, -0.15) is 5.10 Å². The quantitative estimate of drug-likeness (QED) is 0.340. The highest BCUT2D eigenvalue weighted by atomic mass is 127. The van der Waals surface area contributed by atoms with E-state index in [1.807, 2.05) is 22.6 Å². The minimum absolute atomic E-state index is 0.0875. The Morgan fingerprint density at radius 1 is 1.29 bits per heavy atom. The average molecular weight is 502 g/mol. The second-order valence-corrected chi connectivity index (χ2v) is 6.86. The fourth-order valence-electron chi connectivity index (χ4n) is 1.85. The van der Waals surface area contributed by atoms with Crippen molar-refractivity contribution in [2.45, 2.75) is 6.92 Å². The minimum atomic E-state index is -0.428. The molecule has 6 nitrogen and oxygen atoms in total. The zero-order valence-electron chi connectivity index (χ0n) is 12.5. The molecular formula is C16H13BrIN3O3. The summed E-state index contributed by atoms with van der Waals surface area (Å²) in [5.74, 6) is -0.558. The molecule has 0 spiro atoms. The van der Waals surface area contributed by atoms with Crippen LogP contribution in [0.15, 0.2) is 46.0 Å². The molecule has 2 aromatic rings. The number of halogens is 2. The molecule has 0 aliphatic heterocycles. The van der Waals surface area contributed by atoms with Crippen molar-refractivity contribution in [2.75, 3.05) is 5.32 Å². The first kappa shape index (κ1) is 18.4. The molecule has 0 aliphatic rings. The Bertz CT molecular complexity index is 824. The van der Waals surface area contributed by atoms with Crippen LogP contribution in [0.3, 0.4) is 0 Å². The number of anilines is 1. The van der Waals surface area contributed by atoms with Gasteiger partial charge in [-0.25, -0.2) is 5.43 Å². The Morgan fingerprint density at radius 3 is 2.75 bits per heavy atom. The molecule has 0 aromatic heterocycles. The molecule has 0 radical (unpaired) electrons. The van der Waals surface area contributed by atoms with Crippen molar-refractivity contribution in [3.8, 4) is 5.75 Å². The molecule has 2 aromatic carbocycles. The van der Waals surface area contributed by atoms with Crippen LogP contribution in [0.1, 0.15) is 22.8 Å². The molecule has 0 fully saturated rings. The summed E-state index contributed by atoms with van der Waals surface area (Å²) in [6.45, 7) is 1.39. The fourth-order valence-corrected chi connectivity index (χ4v) is 3.40. The maximum absolute atomic E-state index is 12.1. The number of phenols is 1. The molecule has 0 heterocycles. The Hall–Kier alpha value is -1.94.